The quantitative estimate of drug-likeness (QED) is 0.453. The molecule has 0 radical (unpaired) electrons. The van der Waals surface area contributed by atoms with Crippen LogP contribution in [0.15, 0.2) is 36.0 Å². The molecule has 1 heterocycles. The van der Waals surface area contributed by atoms with E-state index < -0.39 is 5.97 Å². The molecule has 92 valence electrons. The number of hydrogen-bond donors (Lipinski definition) is 0. The number of nitrogens with zero attached hydrogens (tertiary/aromatic N) is 2. The van der Waals surface area contributed by atoms with Crippen LogP contribution in [0.4, 0.5) is 5.69 Å². The molecule has 1 aromatic carbocycles. The third-order valence-corrected chi connectivity index (χ3v) is 3.06. The zero-order valence-electron chi connectivity index (χ0n) is 10.4. The Bertz CT molecular complexity index is 543. The highest BCUT2D eigenvalue weighted by atomic mass is 16.5. The van der Waals surface area contributed by atoms with Gasteiger partial charge in [0, 0.05) is 24.4 Å². The van der Waals surface area contributed by atoms with Crippen molar-refractivity contribution in [3.63, 3.8) is 0 Å². The lowest BCUT2D eigenvalue weighted by atomic mass is 10.0. The van der Waals surface area contributed by atoms with Gasteiger partial charge in [-0.3, -0.25) is 0 Å². The van der Waals surface area contributed by atoms with Crippen LogP contribution >= 0.6 is 0 Å². The van der Waals surface area contributed by atoms with Crippen LogP contribution in [0.2, 0.25) is 0 Å². The summed E-state index contributed by atoms with van der Waals surface area (Å²) in [6.45, 7) is 2.89. The van der Waals surface area contributed by atoms with Crippen molar-refractivity contribution in [1.82, 2.24) is 0 Å². The Morgan fingerprint density at radius 1 is 1.56 bits per heavy atom. The van der Waals surface area contributed by atoms with Crippen molar-refractivity contribution in [1.29, 1.82) is 5.26 Å². The second-order valence-corrected chi connectivity index (χ2v) is 4.26. The first-order chi connectivity index (χ1) is 8.67. The first-order valence-electron chi connectivity index (χ1n) is 5.73. The molecule has 0 fully saturated rings. The van der Waals surface area contributed by atoms with Gasteiger partial charge in [0.2, 0.25) is 0 Å². The lowest BCUT2D eigenvalue weighted by Crippen LogP contribution is -2.16. The number of ether oxygens (including phenoxy) is 1. The van der Waals surface area contributed by atoms with Crippen LogP contribution in [0.25, 0.3) is 0 Å². The van der Waals surface area contributed by atoms with Gasteiger partial charge in [-0.05, 0) is 11.6 Å². The van der Waals surface area contributed by atoms with Crippen LogP contribution in [0.1, 0.15) is 18.4 Å². The zero-order valence-corrected chi connectivity index (χ0v) is 10.4. The first kappa shape index (κ1) is 12.2. The second kappa shape index (κ2) is 4.92. The predicted molar refractivity (Wildman–Crippen MR) is 67.9 cm³/mol. The number of nitriles is 1. The molecule has 0 spiro atoms. The van der Waals surface area contributed by atoms with Crippen molar-refractivity contribution in [2.75, 3.05) is 18.6 Å². The third-order valence-electron chi connectivity index (χ3n) is 3.06. The van der Waals surface area contributed by atoms with Gasteiger partial charge in [-0.15, -0.1) is 0 Å². The maximum absolute atomic E-state index is 11.4. The molecule has 0 saturated heterocycles. The van der Waals surface area contributed by atoms with E-state index in [2.05, 4.69) is 17.7 Å². The number of methoxy groups -OCH3 is 1. The minimum absolute atomic E-state index is 0.0152. The molecule has 1 aliphatic heterocycles. The highest BCUT2D eigenvalue weighted by Crippen LogP contribution is 2.35. The van der Waals surface area contributed by atoms with Crippen molar-refractivity contribution in [3.05, 3.63) is 41.6 Å². The van der Waals surface area contributed by atoms with E-state index >= 15 is 0 Å². The molecular formula is C14H14N2O2. The summed E-state index contributed by atoms with van der Waals surface area (Å²) in [6, 6.07) is 9.87. The van der Waals surface area contributed by atoms with Gasteiger partial charge in [-0.2, -0.15) is 5.26 Å². The molecule has 1 unspecified atom stereocenters. The number of carbonyl (C=O) groups excluding carboxylic acids is 1. The van der Waals surface area contributed by atoms with E-state index in [0.29, 0.717) is 5.92 Å². The van der Waals surface area contributed by atoms with Crippen molar-refractivity contribution in [3.8, 4) is 6.07 Å². The van der Waals surface area contributed by atoms with E-state index in [-0.39, 0.29) is 5.57 Å². The van der Waals surface area contributed by atoms with Gasteiger partial charge in [-0.25, -0.2) is 4.79 Å². The highest BCUT2D eigenvalue weighted by molar-refractivity contribution is 5.93. The number of rotatable bonds is 2. The van der Waals surface area contributed by atoms with Crippen LogP contribution in [0.5, 0.6) is 0 Å². The molecule has 18 heavy (non-hydrogen) atoms. The molecule has 1 atom stereocenters. The number of benzene rings is 1. The summed E-state index contributed by atoms with van der Waals surface area (Å²) in [5.41, 5.74) is 2.29. The Morgan fingerprint density at radius 3 is 2.94 bits per heavy atom. The van der Waals surface area contributed by atoms with Crippen molar-refractivity contribution >= 4 is 11.7 Å². The van der Waals surface area contributed by atoms with E-state index in [1.54, 1.807) is 6.20 Å². The first-order valence-corrected chi connectivity index (χ1v) is 5.73. The lowest BCUT2D eigenvalue weighted by Gasteiger charge is -2.14. The van der Waals surface area contributed by atoms with Crippen molar-refractivity contribution in [2.45, 2.75) is 12.8 Å². The molecule has 4 heteroatoms. The molecule has 0 aromatic heterocycles. The van der Waals surface area contributed by atoms with Gasteiger partial charge in [0.05, 0.1) is 7.11 Å². The Morgan fingerprint density at radius 2 is 2.28 bits per heavy atom. The summed E-state index contributed by atoms with van der Waals surface area (Å²) < 4.78 is 4.57. The summed E-state index contributed by atoms with van der Waals surface area (Å²) in [4.78, 5) is 13.3. The van der Waals surface area contributed by atoms with Crippen LogP contribution < -0.4 is 4.90 Å². The fourth-order valence-corrected chi connectivity index (χ4v) is 2.17. The molecular weight excluding hydrogens is 228 g/mol. The SMILES string of the molecule is COC(=O)C(C#N)=CN1CC(C)c2ccccc21. The zero-order chi connectivity index (χ0) is 13.1. The van der Waals surface area contributed by atoms with Gasteiger partial charge < -0.3 is 9.64 Å². The third kappa shape index (κ3) is 2.07. The minimum Gasteiger partial charge on any atom is -0.465 e. The fraction of sp³-hybridized carbons (Fsp3) is 0.286. The largest absolute Gasteiger partial charge is 0.465 e. The maximum Gasteiger partial charge on any atom is 0.350 e. The summed E-state index contributed by atoms with van der Waals surface area (Å²) in [5.74, 6) is -0.218. The van der Waals surface area contributed by atoms with Crippen LogP contribution in [-0.4, -0.2) is 19.6 Å². The van der Waals surface area contributed by atoms with Crippen molar-refractivity contribution in [2.24, 2.45) is 0 Å². The second-order valence-electron chi connectivity index (χ2n) is 4.26. The minimum atomic E-state index is -0.602. The van der Waals surface area contributed by atoms with E-state index in [1.165, 1.54) is 12.7 Å². The van der Waals surface area contributed by atoms with E-state index in [1.807, 2.05) is 29.2 Å². The topological polar surface area (TPSA) is 53.3 Å². The number of anilines is 1. The molecule has 1 aromatic rings. The van der Waals surface area contributed by atoms with E-state index in [4.69, 9.17) is 5.26 Å². The lowest BCUT2D eigenvalue weighted by molar-refractivity contribution is -0.135. The summed E-state index contributed by atoms with van der Waals surface area (Å²) in [6.07, 6.45) is 1.56. The van der Waals surface area contributed by atoms with Crippen LogP contribution in [0.3, 0.4) is 0 Å². The van der Waals surface area contributed by atoms with Crippen LogP contribution in [0, 0.1) is 11.3 Å². The van der Waals surface area contributed by atoms with E-state index in [0.717, 1.165) is 12.2 Å². The average Bonchev–Trinajstić information content (AvgIpc) is 2.72. The molecule has 0 saturated carbocycles. The molecule has 1 aliphatic rings. The standard InChI is InChI=1S/C14H14N2O2/c1-10-8-16(9-11(7-15)14(17)18-2)13-6-4-3-5-12(10)13/h3-6,9-10H,8H2,1-2H3. The Balaban J connectivity index is 2.35. The Hall–Kier alpha value is -2.28. The van der Waals surface area contributed by atoms with Crippen molar-refractivity contribution < 1.29 is 9.53 Å². The molecule has 0 aliphatic carbocycles. The maximum atomic E-state index is 11.4. The number of esters is 1. The Kier molecular flexibility index (Phi) is 3.33. The summed E-state index contributed by atoms with van der Waals surface area (Å²) in [7, 11) is 1.27. The van der Waals surface area contributed by atoms with E-state index in [9.17, 15) is 4.79 Å². The number of para-hydroxylation sites is 1. The van der Waals surface area contributed by atoms with Gasteiger partial charge >= 0.3 is 5.97 Å². The van der Waals surface area contributed by atoms with Gasteiger partial charge in [0.1, 0.15) is 6.07 Å². The predicted octanol–water partition coefficient (Wildman–Crippen LogP) is 2.19. The highest BCUT2D eigenvalue weighted by Gasteiger charge is 2.24. The summed E-state index contributed by atoms with van der Waals surface area (Å²) >= 11 is 0. The fourth-order valence-electron chi connectivity index (χ4n) is 2.17. The average molecular weight is 242 g/mol. The number of hydrogen-bond acceptors (Lipinski definition) is 4. The molecule has 2 rings (SSSR count). The van der Waals surface area contributed by atoms with Gasteiger partial charge in [0.15, 0.2) is 5.57 Å². The van der Waals surface area contributed by atoms with Crippen LogP contribution in [-0.2, 0) is 9.53 Å². The smallest absolute Gasteiger partial charge is 0.350 e. The molecule has 0 N–H and O–H groups in total. The molecule has 0 amide bonds. The molecule has 4 nitrogen and oxygen atoms in total. The Labute approximate surface area is 106 Å². The number of fused-ring (bicyclic) bond motifs is 1. The molecule has 0 bridgehead atoms. The normalized spacial score (nSPS) is 18.2. The number of carbonyl (C=O) groups is 1. The van der Waals surface area contributed by atoms with Gasteiger partial charge in [0.25, 0.3) is 0 Å². The summed E-state index contributed by atoms with van der Waals surface area (Å²) in [5, 5.41) is 8.96. The van der Waals surface area contributed by atoms with Gasteiger partial charge in [-0.1, -0.05) is 25.1 Å². The monoisotopic (exact) mass is 242 g/mol.